The number of nitrogens with one attached hydrogen (secondary N) is 3. The van der Waals surface area contributed by atoms with E-state index >= 15 is 0 Å². The first-order valence-electron chi connectivity index (χ1n) is 16.4. The molecule has 234 valence electrons. The quantitative estimate of drug-likeness (QED) is 0.171. The number of hydrazine groups is 1. The molecule has 0 saturated carbocycles. The summed E-state index contributed by atoms with van der Waals surface area (Å²) in [6.45, 7) is 0. The molecule has 1 atom stereocenters. The number of rotatable bonds is 6. The second kappa shape index (κ2) is 12.2. The molecule has 0 saturated heterocycles. The second-order valence-corrected chi connectivity index (χ2v) is 12.1. The number of para-hydroxylation sites is 1. The van der Waals surface area contributed by atoms with Crippen LogP contribution in [-0.2, 0) is 0 Å². The minimum atomic E-state index is -0.304. The van der Waals surface area contributed by atoms with Crippen molar-refractivity contribution in [1.82, 2.24) is 16.2 Å². The molecule has 0 bridgehead atoms. The van der Waals surface area contributed by atoms with Gasteiger partial charge >= 0.3 is 0 Å². The highest BCUT2D eigenvalue weighted by Gasteiger charge is 2.24. The Morgan fingerprint density at radius 1 is 0.510 bits per heavy atom. The molecule has 49 heavy (non-hydrogen) atoms. The van der Waals surface area contributed by atoms with Crippen molar-refractivity contribution >= 4 is 45.0 Å². The van der Waals surface area contributed by atoms with E-state index in [4.69, 9.17) is 14.4 Å². The summed E-state index contributed by atoms with van der Waals surface area (Å²) >= 11 is 0. The Labute approximate surface area is 283 Å². The van der Waals surface area contributed by atoms with Crippen LogP contribution < -0.4 is 16.2 Å². The minimum absolute atomic E-state index is 0.304. The van der Waals surface area contributed by atoms with Gasteiger partial charge in [-0.3, -0.25) is 0 Å². The standard InChI is InChI=1S/C43H31N5O/c1-4-12-29(13-5-1)36-24-25-37(48-47-36)30-22-20-28(21-23-30)33-26-35(40-34-18-10-11-19-38(34)49-39(40)27-33)43-45-41(31-14-6-2-7-15-31)44-42(46-43)32-16-8-3-9-17-32/h1-27,41,47-48H,(H,44,45,46). The Bertz CT molecular complexity index is 2440. The van der Waals surface area contributed by atoms with Crippen LogP contribution in [0, 0.1) is 0 Å². The molecular weight excluding hydrogens is 603 g/mol. The number of fused-ring (bicyclic) bond motifs is 3. The largest absolute Gasteiger partial charge is 0.456 e. The summed E-state index contributed by atoms with van der Waals surface area (Å²) in [6.07, 6.45) is 3.90. The SMILES string of the molecule is C1=C(c2ccccc2)NNC(c2ccc(-c3cc(C4=NC(c5ccccc5)NC(c5ccccc5)=N4)c4c(c3)oc3ccccc34)cc2)=C1. The topological polar surface area (TPSA) is 74.0 Å². The fourth-order valence-corrected chi connectivity index (χ4v) is 6.50. The lowest BCUT2D eigenvalue weighted by Gasteiger charge is -2.24. The predicted octanol–water partition coefficient (Wildman–Crippen LogP) is 9.24. The number of hydrogen-bond acceptors (Lipinski definition) is 6. The van der Waals surface area contributed by atoms with E-state index in [1.807, 2.05) is 72.8 Å². The van der Waals surface area contributed by atoms with Crippen LogP contribution in [0.5, 0.6) is 0 Å². The summed E-state index contributed by atoms with van der Waals surface area (Å²) in [5, 5.41) is 5.62. The van der Waals surface area contributed by atoms with Crippen LogP contribution in [0.3, 0.4) is 0 Å². The number of benzene rings is 6. The molecule has 9 rings (SSSR count). The van der Waals surface area contributed by atoms with E-state index in [0.717, 1.165) is 78.1 Å². The highest BCUT2D eigenvalue weighted by atomic mass is 16.3. The van der Waals surface area contributed by atoms with Crippen LogP contribution in [0.25, 0.3) is 44.5 Å². The second-order valence-electron chi connectivity index (χ2n) is 12.1. The average Bonchev–Trinajstić information content (AvgIpc) is 3.57. The normalized spacial score (nSPS) is 15.7. The van der Waals surface area contributed by atoms with Crippen molar-refractivity contribution in [3.8, 4) is 11.1 Å². The fraction of sp³-hybridized carbons (Fsp3) is 0.0233. The lowest BCUT2D eigenvalue weighted by Crippen LogP contribution is -2.33. The first-order chi connectivity index (χ1) is 24.3. The molecule has 1 unspecified atom stereocenters. The molecule has 6 heteroatoms. The molecule has 3 N–H and O–H groups in total. The molecule has 0 aliphatic carbocycles. The van der Waals surface area contributed by atoms with Crippen LogP contribution >= 0.6 is 0 Å². The average molecular weight is 634 g/mol. The zero-order chi connectivity index (χ0) is 32.6. The molecule has 6 nitrogen and oxygen atoms in total. The molecule has 3 heterocycles. The van der Waals surface area contributed by atoms with Gasteiger partial charge in [-0.2, -0.15) is 0 Å². The third-order valence-electron chi connectivity index (χ3n) is 8.99. The molecule has 6 aromatic carbocycles. The van der Waals surface area contributed by atoms with Crippen molar-refractivity contribution in [2.75, 3.05) is 0 Å². The fourth-order valence-electron chi connectivity index (χ4n) is 6.50. The number of hydrogen-bond donors (Lipinski definition) is 3. The van der Waals surface area contributed by atoms with Gasteiger partial charge in [-0.15, -0.1) is 0 Å². The molecular formula is C43H31N5O. The van der Waals surface area contributed by atoms with Crippen LogP contribution in [0.2, 0.25) is 0 Å². The molecule has 0 radical (unpaired) electrons. The highest BCUT2D eigenvalue weighted by molar-refractivity contribution is 6.22. The maximum absolute atomic E-state index is 6.48. The smallest absolute Gasteiger partial charge is 0.160 e. The zero-order valence-corrected chi connectivity index (χ0v) is 26.5. The van der Waals surface area contributed by atoms with E-state index in [-0.39, 0.29) is 6.17 Å². The molecule has 2 aliphatic rings. The molecule has 1 aromatic heterocycles. The van der Waals surface area contributed by atoms with Crippen molar-refractivity contribution in [3.05, 3.63) is 192 Å². The van der Waals surface area contributed by atoms with Crippen molar-refractivity contribution in [2.45, 2.75) is 6.17 Å². The summed E-state index contributed by atoms with van der Waals surface area (Å²) in [5.74, 6) is 1.44. The van der Waals surface area contributed by atoms with Gasteiger partial charge in [0.25, 0.3) is 0 Å². The maximum Gasteiger partial charge on any atom is 0.160 e. The number of amidine groups is 2. The van der Waals surface area contributed by atoms with E-state index in [9.17, 15) is 0 Å². The Balaban J connectivity index is 1.15. The van der Waals surface area contributed by atoms with Gasteiger partial charge in [0.05, 0.1) is 11.4 Å². The number of aliphatic imine (C=N–C) groups is 2. The Morgan fingerprint density at radius 3 is 1.80 bits per heavy atom. The molecule has 2 aliphatic heterocycles. The summed E-state index contributed by atoms with van der Waals surface area (Å²) < 4.78 is 6.48. The first-order valence-corrected chi connectivity index (χ1v) is 16.4. The number of nitrogens with zero attached hydrogens (tertiary/aromatic N) is 2. The van der Waals surface area contributed by atoms with E-state index in [1.165, 1.54) is 0 Å². The predicted molar refractivity (Wildman–Crippen MR) is 200 cm³/mol. The Kier molecular flexibility index (Phi) is 7.09. The first kappa shape index (κ1) is 28.6. The van der Waals surface area contributed by atoms with E-state index in [1.54, 1.807) is 0 Å². The van der Waals surface area contributed by atoms with Crippen LogP contribution in [0.4, 0.5) is 0 Å². The summed E-state index contributed by atoms with van der Waals surface area (Å²) in [6, 6.07) is 51.9. The lowest BCUT2D eigenvalue weighted by atomic mass is 9.96. The molecule has 0 amide bonds. The van der Waals surface area contributed by atoms with Crippen LogP contribution in [0.1, 0.15) is 34.0 Å². The van der Waals surface area contributed by atoms with Crippen molar-refractivity contribution < 1.29 is 4.42 Å². The number of furan rings is 1. The summed E-state index contributed by atoms with van der Waals surface area (Å²) in [5.41, 5.74) is 17.7. The van der Waals surface area contributed by atoms with Gasteiger partial charge in [-0.25, -0.2) is 9.98 Å². The van der Waals surface area contributed by atoms with Crippen molar-refractivity contribution in [3.63, 3.8) is 0 Å². The van der Waals surface area contributed by atoms with Gasteiger partial charge in [-0.1, -0.05) is 133 Å². The third kappa shape index (κ3) is 5.45. The molecule has 7 aromatic rings. The number of allylic oxidation sites excluding steroid dienone is 2. The summed E-state index contributed by atoms with van der Waals surface area (Å²) in [7, 11) is 0. The van der Waals surface area contributed by atoms with Gasteiger partial charge in [-0.05, 0) is 58.2 Å². The molecule has 0 fully saturated rings. The van der Waals surface area contributed by atoms with Gasteiger partial charge in [0.2, 0.25) is 0 Å². The van der Waals surface area contributed by atoms with Gasteiger partial charge in [0.15, 0.2) is 5.84 Å². The third-order valence-corrected chi connectivity index (χ3v) is 8.99. The van der Waals surface area contributed by atoms with Gasteiger partial charge < -0.3 is 20.6 Å². The Morgan fingerprint density at radius 2 is 1.10 bits per heavy atom. The van der Waals surface area contributed by atoms with Gasteiger partial charge in [0, 0.05) is 21.9 Å². The van der Waals surface area contributed by atoms with E-state index < -0.39 is 0 Å². The van der Waals surface area contributed by atoms with Crippen molar-refractivity contribution in [2.24, 2.45) is 9.98 Å². The maximum atomic E-state index is 6.48. The van der Waals surface area contributed by atoms with Crippen LogP contribution in [-0.4, -0.2) is 11.7 Å². The van der Waals surface area contributed by atoms with E-state index in [0.29, 0.717) is 5.84 Å². The lowest BCUT2D eigenvalue weighted by molar-refractivity contribution is 0.668. The zero-order valence-electron chi connectivity index (χ0n) is 26.5. The summed E-state index contributed by atoms with van der Waals surface area (Å²) in [4.78, 5) is 10.4. The van der Waals surface area contributed by atoms with Crippen molar-refractivity contribution in [1.29, 1.82) is 0 Å². The molecule has 0 spiro atoms. The van der Waals surface area contributed by atoms with E-state index in [2.05, 4.69) is 107 Å². The Hall–Kier alpha value is -6.66. The minimum Gasteiger partial charge on any atom is -0.456 e. The van der Waals surface area contributed by atoms with Gasteiger partial charge in [0.1, 0.15) is 23.2 Å². The highest BCUT2D eigenvalue weighted by Crippen LogP contribution is 2.37. The monoisotopic (exact) mass is 633 g/mol. The van der Waals surface area contributed by atoms with Crippen LogP contribution in [0.15, 0.2) is 178 Å².